The zero-order chi connectivity index (χ0) is 13.5. The van der Waals surface area contributed by atoms with Gasteiger partial charge in [0.2, 0.25) is 0 Å². The zero-order valence-corrected chi connectivity index (χ0v) is 12.0. The molecule has 0 aliphatic rings. The lowest BCUT2D eigenvalue weighted by molar-refractivity contribution is 0.595. The molecule has 0 bridgehead atoms. The molecule has 0 amide bonds. The predicted octanol–water partition coefficient (Wildman–Crippen LogP) is 4.28. The maximum Gasteiger partial charge on any atom is 0.0408 e. The standard InChI is InChI=1S/C17H20ClN/c1-2-19-13-16(11-14-7-4-3-5-8-14)15-9-6-10-17(18)12-15/h3-10,12,16,19H,2,11,13H2,1H3. The first kappa shape index (κ1) is 14.1. The first-order valence-corrected chi connectivity index (χ1v) is 7.17. The number of benzene rings is 2. The van der Waals surface area contributed by atoms with Gasteiger partial charge in [0, 0.05) is 17.5 Å². The Balaban J connectivity index is 2.16. The molecule has 0 aromatic heterocycles. The topological polar surface area (TPSA) is 12.0 Å². The largest absolute Gasteiger partial charge is 0.316 e. The molecule has 0 aliphatic heterocycles. The van der Waals surface area contributed by atoms with Gasteiger partial charge in [0.1, 0.15) is 0 Å². The van der Waals surface area contributed by atoms with Gasteiger partial charge in [0.05, 0.1) is 0 Å². The van der Waals surface area contributed by atoms with E-state index < -0.39 is 0 Å². The average molecular weight is 274 g/mol. The maximum atomic E-state index is 6.11. The van der Waals surface area contributed by atoms with Gasteiger partial charge < -0.3 is 5.32 Å². The van der Waals surface area contributed by atoms with Crippen LogP contribution in [-0.2, 0) is 6.42 Å². The van der Waals surface area contributed by atoms with Crippen LogP contribution in [0.15, 0.2) is 54.6 Å². The molecule has 2 aromatic rings. The number of halogens is 1. The molecular weight excluding hydrogens is 254 g/mol. The molecule has 0 spiro atoms. The SMILES string of the molecule is CCNCC(Cc1ccccc1)c1cccc(Cl)c1. The first-order valence-electron chi connectivity index (χ1n) is 6.79. The average Bonchev–Trinajstić information content (AvgIpc) is 2.44. The minimum atomic E-state index is 0.459. The molecular formula is C17H20ClN. The second kappa shape index (κ2) is 7.32. The summed E-state index contributed by atoms with van der Waals surface area (Å²) in [5.41, 5.74) is 2.67. The first-order chi connectivity index (χ1) is 9.29. The summed E-state index contributed by atoms with van der Waals surface area (Å²) in [4.78, 5) is 0. The Labute approximate surface area is 120 Å². The molecule has 0 radical (unpaired) electrons. The van der Waals surface area contributed by atoms with E-state index in [4.69, 9.17) is 11.6 Å². The van der Waals surface area contributed by atoms with Crippen LogP contribution in [-0.4, -0.2) is 13.1 Å². The highest BCUT2D eigenvalue weighted by molar-refractivity contribution is 6.30. The van der Waals surface area contributed by atoms with Crippen molar-refractivity contribution in [2.75, 3.05) is 13.1 Å². The third-order valence-electron chi connectivity index (χ3n) is 3.29. The van der Waals surface area contributed by atoms with E-state index >= 15 is 0 Å². The molecule has 1 unspecified atom stereocenters. The van der Waals surface area contributed by atoms with Crippen LogP contribution < -0.4 is 5.32 Å². The molecule has 19 heavy (non-hydrogen) atoms. The smallest absolute Gasteiger partial charge is 0.0408 e. The second-order valence-corrected chi connectivity index (χ2v) is 5.19. The van der Waals surface area contributed by atoms with E-state index in [9.17, 15) is 0 Å². The van der Waals surface area contributed by atoms with Gasteiger partial charge in [-0.3, -0.25) is 0 Å². The quantitative estimate of drug-likeness (QED) is 0.829. The molecule has 0 saturated carbocycles. The van der Waals surface area contributed by atoms with Crippen LogP contribution in [0.1, 0.15) is 24.0 Å². The highest BCUT2D eigenvalue weighted by Crippen LogP contribution is 2.23. The highest BCUT2D eigenvalue weighted by atomic mass is 35.5. The van der Waals surface area contributed by atoms with E-state index in [1.165, 1.54) is 11.1 Å². The van der Waals surface area contributed by atoms with Crippen molar-refractivity contribution < 1.29 is 0 Å². The normalized spacial score (nSPS) is 12.3. The lowest BCUT2D eigenvalue weighted by Crippen LogP contribution is -2.22. The summed E-state index contributed by atoms with van der Waals surface area (Å²) in [6.07, 6.45) is 1.04. The van der Waals surface area contributed by atoms with Crippen LogP contribution in [0.5, 0.6) is 0 Å². The molecule has 1 atom stereocenters. The Morgan fingerprint density at radius 1 is 1.05 bits per heavy atom. The Morgan fingerprint density at radius 3 is 2.53 bits per heavy atom. The van der Waals surface area contributed by atoms with Crippen LogP contribution in [0.2, 0.25) is 5.02 Å². The van der Waals surface area contributed by atoms with E-state index in [2.05, 4.69) is 54.7 Å². The van der Waals surface area contributed by atoms with Crippen LogP contribution in [0, 0.1) is 0 Å². The van der Waals surface area contributed by atoms with Gasteiger partial charge in [-0.2, -0.15) is 0 Å². The Hall–Kier alpha value is -1.31. The van der Waals surface area contributed by atoms with Crippen molar-refractivity contribution in [1.29, 1.82) is 0 Å². The van der Waals surface area contributed by atoms with E-state index in [1.807, 2.05) is 12.1 Å². The van der Waals surface area contributed by atoms with Crippen molar-refractivity contribution in [1.82, 2.24) is 5.32 Å². The number of likely N-dealkylation sites (N-methyl/N-ethyl adjacent to an activating group) is 1. The van der Waals surface area contributed by atoms with Gasteiger partial charge in [-0.05, 0) is 36.2 Å². The molecule has 100 valence electrons. The summed E-state index contributed by atoms with van der Waals surface area (Å²) >= 11 is 6.11. The summed E-state index contributed by atoms with van der Waals surface area (Å²) in [6, 6.07) is 18.8. The van der Waals surface area contributed by atoms with Crippen LogP contribution in [0.4, 0.5) is 0 Å². The van der Waals surface area contributed by atoms with Crippen LogP contribution >= 0.6 is 11.6 Å². The minimum Gasteiger partial charge on any atom is -0.316 e. The molecule has 1 N–H and O–H groups in total. The zero-order valence-electron chi connectivity index (χ0n) is 11.3. The molecule has 0 fully saturated rings. The predicted molar refractivity (Wildman–Crippen MR) is 82.9 cm³/mol. The van der Waals surface area contributed by atoms with Crippen molar-refractivity contribution in [2.45, 2.75) is 19.3 Å². The molecule has 1 nitrogen and oxygen atoms in total. The molecule has 0 aliphatic carbocycles. The van der Waals surface area contributed by atoms with Gasteiger partial charge in [0.15, 0.2) is 0 Å². The number of hydrogen-bond donors (Lipinski definition) is 1. The fourth-order valence-electron chi connectivity index (χ4n) is 2.29. The number of hydrogen-bond acceptors (Lipinski definition) is 1. The minimum absolute atomic E-state index is 0.459. The van der Waals surface area contributed by atoms with Crippen molar-refractivity contribution in [3.63, 3.8) is 0 Å². The Morgan fingerprint density at radius 2 is 1.84 bits per heavy atom. The third-order valence-corrected chi connectivity index (χ3v) is 3.52. The van der Waals surface area contributed by atoms with Crippen LogP contribution in [0.3, 0.4) is 0 Å². The summed E-state index contributed by atoms with van der Waals surface area (Å²) in [6.45, 7) is 4.11. The number of nitrogens with one attached hydrogen (secondary N) is 1. The van der Waals surface area contributed by atoms with E-state index in [0.717, 1.165) is 24.5 Å². The summed E-state index contributed by atoms with van der Waals surface area (Å²) in [5, 5.41) is 4.26. The molecule has 2 heteroatoms. The third kappa shape index (κ3) is 4.38. The lowest BCUT2D eigenvalue weighted by atomic mass is 9.92. The van der Waals surface area contributed by atoms with Gasteiger partial charge in [-0.1, -0.05) is 61.0 Å². The maximum absolute atomic E-state index is 6.11. The van der Waals surface area contributed by atoms with Crippen molar-refractivity contribution in [3.05, 3.63) is 70.7 Å². The lowest BCUT2D eigenvalue weighted by Gasteiger charge is -2.18. The van der Waals surface area contributed by atoms with E-state index in [-0.39, 0.29) is 0 Å². The number of rotatable bonds is 6. The van der Waals surface area contributed by atoms with Gasteiger partial charge in [-0.15, -0.1) is 0 Å². The second-order valence-electron chi connectivity index (χ2n) is 4.75. The van der Waals surface area contributed by atoms with E-state index in [1.54, 1.807) is 0 Å². The Kier molecular flexibility index (Phi) is 5.44. The molecule has 0 saturated heterocycles. The van der Waals surface area contributed by atoms with Crippen molar-refractivity contribution in [2.24, 2.45) is 0 Å². The summed E-state index contributed by atoms with van der Waals surface area (Å²) < 4.78 is 0. The van der Waals surface area contributed by atoms with Gasteiger partial charge >= 0.3 is 0 Å². The van der Waals surface area contributed by atoms with Crippen molar-refractivity contribution in [3.8, 4) is 0 Å². The molecule has 2 rings (SSSR count). The van der Waals surface area contributed by atoms with Crippen LogP contribution in [0.25, 0.3) is 0 Å². The fraction of sp³-hybridized carbons (Fsp3) is 0.294. The van der Waals surface area contributed by atoms with E-state index in [0.29, 0.717) is 5.92 Å². The fourth-order valence-corrected chi connectivity index (χ4v) is 2.48. The van der Waals surface area contributed by atoms with Gasteiger partial charge in [0.25, 0.3) is 0 Å². The summed E-state index contributed by atoms with van der Waals surface area (Å²) in [5.74, 6) is 0.459. The Bertz CT molecular complexity index is 496. The molecule has 2 aromatic carbocycles. The monoisotopic (exact) mass is 273 g/mol. The summed E-state index contributed by atoms with van der Waals surface area (Å²) in [7, 11) is 0. The highest BCUT2D eigenvalue weighted by Gasteiger charge is 2.12. The van der Waals surface area contributed by atoms with Crippen molar-refractivity contribution >= 4 is 11.6 Å². The van der Waals surface area contributed by atoms with Gasteiger partial charge in [-0.25, -0.2) is 0 Å². The molecule has 0 heterocycles.